The van der Waals surface area contributed by atoms with Gasteiger partial charge in [0, 0.05) is 6.54 Å². The minimum atomic E-state index is -1.12. The lowest BCUT2D eigenvalue weighted by Gasteiger charge is -2.26. The Balaban J connectivity index is 0.00000288. The molecule has 8 nitrogen and oxygen atoms in total. The van der Waals surface area contributed by atoms with Gasteiger partial charge in [-0.05, 0) is 43.7 Å². The van der Waals surface area contributed by atoms with Crippen molar-refractivity contribution in [1.82, 2.24) is 0 Å². The molecule has 0 radical (unpaired) electrons. The molecule has 1 aromatic carbocycles. The second kappa shape index (κ2) is 10.5. The summed E-state index contributed by atoms with van der Waals surface area (Å²) < 4.78 is 5.29. The first-order chi connectivity index (χ1) is 11.0. The van der Waals surface area contributed by atoms with Gasteiger partial charge in [0.1, 0.15) is 11.3 Å². The number of benzene rings is 1. The number of carboxylic acids is 1. The van der Waals surface area contributed by atoms with Crippen molar-refractivity contribution in [2.24, 2.45) is 28.3 Å². The molecule has 1 aliphatic carbocycles. The Morgan fingerprint density at radius 1 is 1.16 bits per heavy atom. The predicted octanol–water partition coefficient (Wildman–Crippen LogP) is 0.967. The molecule has 1 aromatic rings. The molecule has 140 valence electrons. The molecule has 1 fully saturated rings. The summed E-state index contributed by atoms with van der Waals surface area (Å²) in [5, 5.41) is 9.10. The van der Waals surface area contributed by atoms with E-state index < -0.39 is 5.97 Å². The number of hydrogen-bond donors (Lipinski definition) is 3. The van der Waals surface area contributed by atoms with Crippen LogP contribution in [0.1, 0.15) is 36.0 Å². The van der Waals surface area contributed by atoms with Gasteiger partial charge in [-0.2, -0.15) is 0 Å². The molecule has 25 heavy (non-hydrogen) atoms. The average molecular weight is 374 g/mol. The molecule has 9 heteroatoms. The fourth-order valence-corrected chi connectivity index (χ4v) is 2.74. The molecule has 7 N–H and O–H groups in total. The van der Waals surface area contributed by atoms with Gasteiger partial charge in [0.25, 0.3) is 0 Å². The number of esters is 1. The monoisotopic (exact) mass is 373 g/mol. The summed E-state index contributed by atoms with van der Waals surface area (Å²) >= 11 is 0. The fraction of sp³-hybridized carbons (Fsp3) is 0.438. The summed E-state index contributed by atoms with van der Waals surface area (Å²) in [6.45, 7) is 0.575. The summed E-state index contributed by atoms with van der Waals surface area (Å²) in [5.41, 5.74) is 10.6. The average Bonchev–Trinajstić information content (AvgIpc) is 2.53. The summed E-state index contributed by atoms with van der Waals surface area (Å²) in [4.78, 5) is 27.4. The summed E-state index contributed by atoms with van der Waals surface area (Å²) in [6.07, 6.45) is 3.08. The zero-order chi connectivity index (χ0) is 16.8. The highest BCUT2D eigenvalue weighted by atomic mass is 35.5. The molecular formula is C16H24ClN3O5. The first-order valence-electron chi connectivity index (χ1n) is 7.56. The largest absolute Gasteiger partial charge is 0.478 e. The van der Waals surface area contributed by atoms with Crippen LogP contribution in [-0.4, -0.2) is 35.0 Å². The van der Waals surface area contributed by atoms with Gasteiger partial charge in [0.05, 0.1) is 5.92 Å². The standard InChI is InChI=1S/C16H21N3O4.ClH.H2O/c17-16(18)19-9-10-5-7-11(8-6-10)15(22)23-13-4-2-1-3-12(13)14(20)21;;/h1-4,10-11H,5-9H2,(H,20,21)(H4,17,18,19);1H;1H2. The molecule has 0 bridgehead atoms. The SMILES string of the molecule is Cl.NC(N)=NCC1CCC(C(=O)Oc2ccccc2C(=O)O)CC1.O. The Kier molecular flexibility index (Phi) is 9.55. The third-order valence-electron chi connectivity index (χ3n) is 4.04. The lowest BCUT2D eigenvalue weighted by molar-refractivity contribution is -0.140. The number of nitrogens with two attached hydrogens (primary N) is 2. The van der Waals surface area contributed by atoms with Crippen molar-refractivity contribution in [3.8, 4) is 5.75 Å². The van der Waals surface area contributed by atoms with Gasteiger partial charge in [-0.15, -0.1) is 12.4 Å². The van der Waals surface area contributed by atoms with E-state index in [1.165, 1.54) is 12.1 Å². The Morgan fingerprint density at radius 3 is 2.32 bits per heavy atom. The van der Waals surface area contributed by atoms with E-state index in [1.54, 1.807) is 12.1 Å². The van der Waals surface area contributed by atoms with Crippen molar-refractivity contribution >= 4 is 30.3 Å². The molecule has 1 saturated carbocycles. The Bertz CT molecular complexity index is 612. The van der Waals surface area contributed by atoms with Crippen LogP contribution in [-0.2, 0) is 4.79 Å². The van der Waals surface area contributed by atoms with Gasteiger partial charge in [-0.1, -0.05) is 12.1 Å². The number of carbonyl (C=O) groups excluding carboxylic acids is 1. The van der Waals surface area contributed by atoms with Crippen LogP contribution in [0, 0.1) is 11.8 Å². The van der Waals surface area contributed by atoms with E-state index in [-0.39, 0.29) is 47.0 Å². The van der Waals surface area contributed by atoms with Gasteiger partial charge in [-0.3, -0.25) is 9.79 Å². The Hall–Kier alpha value is -2.32. The molecular weight excluding hydrogens is 350 g/mol. The van der Waals surface area contributed by atoms with Crippen LogP contribution in [0.4, 0.5) is 0 Å². The molecule has 0 saturated heterocycles. The molecule has 0 heterocycles. The molecule has 1 aliphatic rings. The van der Waals surface area contributed by atoms with E-state index in [9.17, 15) is 9.59 Å². The van der Waals surface area contributed by atoms with Gasteiger partial charge < -0.3 is 26.8 Å². The lowest BCUT2D eigenvalue weighted by atomic mass is 9.82. The summed E-state index contributed by atoms with van der Waals surface area (Å²) in [5.74, 6) is -1.17. The third-order valence-corrected chi connectivity index (χ3v) is 4.04. The van der Waals surface area contributed by atoms with Crippen LogP contribution in [0.5, 0.6) is 5.75 Å². The number of ether oxygens (including phenoxy) is 1. The summed E-state index contributed by atoms with van der Waals surface area (Å²) in [7, 11) is 0. The maximum atomic E-state index is 12.2. The zero-order valence-corrected chi connectivity index (χ0v) is 14.5. The quantitative estimate of drug-likeness (QED) is 0.301. The van der Waals surface area contributed by atoms with Crippen LogP contribution >= 0.6 is 12.4 Å². The minimum absolute atomic E-state index is 0. The number of para-hydroxylation sites is 1. The molecule has 0 spiro atoms. The molecule has 0 unspecified atom stereocenters. The number of halogens is 1. The number of carbonyl (C=O) groups is 2. The number of nitrogens with zero attached hydrogens (tertiary/aromatic N) is 1. The first kappa shape index (κ1) is 22.7. The Morgan fingerprint density at radius 2 is 1.76 bits per heavy atom. The van der Waals surface area contributed by atoms with Crippen molar-refractivity contribution in [3.63, 3.8) is 0 Å². The minimum Gasteiger partial charge on any atom is -0.478 e. The molecule has 0 atom stereocenters. The number of hydrogen-bond acceptors (Lipinski definition) is 4. The van der Waals surface area contributed by atoms with Crippen molar-refractivity contribution < 1.29 is 24.9 Å². The van der Waals surface area contributed by atoms with E-state index in [0.717, 1.165) is 12.8 Å². The molecule has 0 amide bonds. The van der Waals surface area contributed by atoms with Crippen LogP contribution < -0.4 is 16.2 Å². The molecule has 0 aliphatic heterocycles. The highest BCUT2D eigenvalue weighted by molar-refractivity contribution is 5.92. The van der Waals surface area contributed by atoms with Gasteiger partial charge >= 0.3 is 11.9 Å². The van der Waals surface area contributed by atoms with E-state index in [2.05, 4.69) is 4.99 Å². The number of rotatable bonds is 5. The molecule has 2 rings (SSSR count). The topological polar surface area (TPSA) is 160 Å². The highest BCUT2D eigenvalue weighted by Crippen LogP contribution is 2.30. The number of guanidine groups is 1. The maximum absolute atomic E-state index is 12.2. The van der Waals surface area contributed by atoms with Crippen molar-refractivity contribution in [2.45, 2.75) is 25.7 Å². The van der Waals surface area contributed by atoms with Crippen LogP contribution in [0.3, 0.4) is 0 Å². The maximum Gasteiger partial charge on any atom is 0.339 e. The fourth-order valence-electron chi connectivity index (χ4n) is 2.74. The number of aliphatic imine (C=N–C) groups is 1. The van der Waals surface area contributed by atoms with E-state index in [4.69, 9.17) is 21.3 Å². The van der Waals surface area contributed by atoms with E-state index in [1.807, 2.05) is 0 Å². The second-order valence-corrected chi connectivity index (χ2v) is 5.71. The van der Waals surface area contributed by atoms with Crippen LogP contribution in [0.15, 0.2) is 29.3 Å². The van der Waals surface area contributed by atoms with Crippen molar-refractivity contribution in [3.05, 3.63) is 29.8 Å². The highest BCUT2D eigenvalue weighted by Gasteiger charge is 2.28. The van der Waals surface area contributed by atoms with Crippen LogP contribution in [0.2, 0.25) is 0 Å². The lowest BCUT2D eigenvalue weighted by Crippen LogP contribution is -2.28. The van der Waals surface area contributed by atoms with Gasteiger partial charge in [0.15, 0.2) is 5.96 Å². The van der Waals surface area contributed by atoms with E-state index in [0.29, 0.717) is 25.3 Å². The second-order valence-electron chi connectivity index (χ2n) is 5.71. The first-order valence-corrected chi connectivity index (χ1v) is 7.56. The van der Waals surface area contributed by atoms with E-state index >= 15 is 0 Å². The smallest absolute Gasteiger partial charge is 0.339 e. The number of aromatic carboxylic acids is 1. The molecule has 0 aromatic heterocycles. The van der Waals surface area contributed by atoms with Crippen LogP contribution in [0.25, 0.3) is 0 Å². The van der Waals surface area contributed by atoms with Gasteiger partial charge in [-0.25, -0.2) is 4.79 Å². The predicted molar refractivity (Wildman–Crippen MR) is 96.0 cm³/mol. The third kappa shape index (κ3) is 6.60. The summed E-state index contributed by atoms with van der Waals surface area (Å²) in [6, 6.07) is 6.14. The Labute approximate surface area is 152 Å². The zero-order valence-electron chi connectivity index (χ0n) is 13.7. The number of carboxylic acid groups (broad SMARTS) is 1. The van der Waals surface area contributed by atoms with Gasteiger partial charge in [0.2, 0.25) is 0 Å². The normalized spacial score (nSPS) is 18.9. The van der Waals surface area contributed by atoms with Crippen molar-refractivity contribution in [2.75, 3.05) is 6.54 Å². The van der Waals surface area contributed by atoms with Crippen molar-refractivity contribution in [1.29, 1.82) is 0 Å².